The Labute approximate surface area is 163 Å². The van der Waals surface area contributed by atoms with E-state index in [9.17, 15) is 8.78 Å². The van der Waals surface area contributed by atoms with Gasteiger partial charge in [-0.05, 0) is 24.2 Å². The first-order chi connectivity index (χ1) is 12.8. The van der Waals surface area contributed by atoms with Crippen LogP contribution in [-0.2, 0) is 11.5 Å². The normalized spacial score (nSPS) is 12.3. The van der Waals surface area contributed by atoms with E-state index in [2.05, 4.69) is 24.6 Å². The van der Waals surface area contributed by atoms with E-state index in [4.69, 9.17) is 16.3 Å². The predicted octanol–water partition coefficient (Wildman–Crippen LogP) is 6.61. The van der Waals surface area contributed by atoms with Gasteiger partial charge in [0.05, 0.1) is 5.69 Å². The lowest BCUT2D eigenvalue weighted by atomic mass is 10.0. The van der Waals surface area contributed by atoms with Crippen molar-refractivity contribution in [1.82, 2.24) is 9.55 Å². The van der Waals surface area contributed by atoms with Crippen molar-refractivity contribution in [3.63, 3.8) is 0 Å². The molecule has 0 amide bonds. The topological polar surface area (TPSA) is 27.1 Å². The number of rotatable bonds is 7. The van der Waals surface area contributed by atoms with E-state index in [-0.39, 0.29) is 12.3 Å². The van der Waals surface area contributed by atoms with E-state index >= 15 is 0 Å². The zero-order valence-electron chi connectivity index (χ0n) is 15.7. The molecule has 3 aromatic rings. The maximum Gasteiger partial charge on any atom is 0.264 e. The highest BCUT2D eigenvalue weighted by atomic mass is 35.5. The molecule has 0 aliphatic rings. The number of halogens is 3. The van der Waals surface area contributed by atoms with Crippen molar-refractivity contribution in [2.45, 2.75) is 38.8 Å². The number of aromatic nitrogens is 2. The lowest BCUT2D eigenvalue weighted by molar-refractivity contribution is 0.0908. The average molecular weight is 409 g/mol. The first-order valence-corrected chi connectivity index (χ1v) is 13.0. The highest BCUT2D eigenvalue weighted by Gasteiger charge is 2.19. The molecule has 0 aliphatic heterocycles. The molecule has 0 saturated heterocycles. The second-order valence-electron chi connectivity index (χ2n) is 7.74. The Balaban J connectivity index is 2.02. The van der Waals surface area contributed by atoms with Crippen molar-refractivity contribution < 1.29 is 13.5 Å². The van der Waals surface area contributed by atoms with E-state index in [1.807, 2.05) is 16.7 Å². The monoisotopic (exact) mass is 408 g/mol. The van der Waals surface area contributed by atoms with Crippen LogP contribution >= 0.6 is 11.6 Å². The summed E-state index contributed by atoms with van der Waals surface area (Å²) in [6.07, 6.45) is -2.56. The van der Waals surface area contributed by atoms with Gasteiger partial charge in [0.1, 0.15) is 17.5 Å². The molecule has 27 heavy (non-hydrogen) atoms. The van der Waals surface area contributed by atoms with Crippen LogP contribution in [0.3, 0.4) is 0 Å². The number of alkyl halides is 2. The Hall–Kier alpha value is -1.76. The Kier molecular flexibility index (Phi) is 5.98. The van der Waals surface area contributed by atoms with Gasteiger partial charge < -0.3 is 9.30 Å². The molecular weight excluding hydrogens is 386 g/mol. The largest absolute Gasteiger partial charge is 0.361 e. The Morgan fingerprint density at radius 2 is 1.89 bits per heavy atom. The summed E-state index contributed by atoms with van der Waals surface area (Å²) in [5.41, 5.74) is 1.77. The predicted molar refractivity (Wildman–Crippen MR) is 109 cm³/mol. The molecule has 0 atom stereocenters. The number of ether oxygens (including phenoxy) is 1. The Bertz CT molecular complexity index is 937. The zero-order valence-corrected chi connectivity index (χ0v) is 17.4. The molecule has 0 aliphatic carbocycles. The summed E-state index contributed by atoms with van der Waals surface area (Å²) >= 11 is 6.07. The fourth-order valence-corrected chi connectivity index (χ4v) is 3.81. The van der Waals surface area contributed by atoms with Crippen LogP contribution in [-0.4, -0.2) is 24.2 Å². The van der Waals surface area contributed by atoms with Crippen LogP contribution in [0.5, 0.6) is 0 Å². The highest BCUT2D eigenvalue weighted by molar-refractivity contribution is 6.76. The average Bonchev–Trinajstić information content (AvgIpc) is 2.95. The highest BCUT2D eigenvalue weighted by Crippen LogP contribution is 2.34. The molecular formula is C20H23ClF2N2OSi. The van der Waals surface area contributed by atoms with Crippen molar-refractivity contribution in [1.29, 1.82) is 0 Å². The molecule has 0 spiro atoms. The van der Waals surface area contributed by atoms with Crippen LogP contribution in [0.1, 0.15) is 12.0 Å². The molecule has 2 heterocycles. The maximum absolute atomic E-state index is 13.5. The first-order valence-electron chi connectivity index (χ1n) is 8.87. The summed E-state index contributed by atoms with van der Waals surface area (Å²) in [5, 5.41) is 1.20. The van der Waals surface area contributed by atoms with E-state index < -0.39 is 14.5 Å². The molecule has 0 saturated carbocycles. The van der Waals surface area contributed by atoms with Crippen molar-refractivity contribution in [3.8, 4) is 11.3 Å². The number of hydrogen-bond donors (Lipinski definition) is 0. The third-order valence-electron chi connectivity index (χ3n) is 4.40. The molecule has 1 aromatic carbocycles. The molecule has 0 unspecified atom stereocenters. The van der Waals surface area contributed by atoms with E-state index in [1.165, 1.54) is 6.07 Å². The molecule has 144 valence electrons. The lowest BCUT2D eigenvalue weighted by Gasteiger charge is -2.17. The minimum Gasteiger partial charge on any atom is -0.361 e. The molecule has 3 rings (SSSR count). The molecule has 0 radical (unpaired) electrons. The second kappa shape index (κ2) is 8.08. The number of nitrogens with zero attached hydrogens (tertiary/aromatic N) is 2. The molecule has 7 heteroatoms. The summed E-state index contributed by atoms with van der Waals surface area (Å²) in [4.78, 5) is 4.39. The van der Waals surface area contributed by atoms with Gasteiger partial charge in [0, 0.05) is 31.2 Å². The van der Waals surface area contributed by atoms with Gasteiger partial charge in [-0.3, -0.25) is 0 Å². The molecule has 0 fully saturated rings. The summed E-state index contributed by atoms with van der Waals surface area (Å²) < 4.78 is 34.8. The van der Waals surface area contributed by atoms with Gasteiger partial charge in [0.2, 0.25) is 0 Å². The summed E-state index contributed by atoms with van der Waals surface area (Å²) in [7, 11) is -1.21. The van der Waals surface area contributed by atoms with Crippen molar-refractivity contribution in [2.24, 2.45) is 0 Å². The van der Waals surface area contributed by atoms with Crippen LogP contribution < -0.4 is 0 Å². The van der Waals surface area contributed by atoms with E-state index in [0.717, 1.165) is 11.4 Å². The van der Waals surface area contributed by atoms with Gasteiger partial charge in [-0.1, -0.05) is 55.5 Å². The summed E-state index contributed by atoms with van der Waals surface area (Å²) in [5.74, 6) is 0. The van der Waals surface area contributed by atoms with E-state index in [1.54, 1.807) is 24.3 Å². The fourth-order valence-electron chi connectivity index (χ4n) is 2.91. The Morgan fingerprint density at radius 3 is 2.59 bits per heavy atom. The molecule has 0 N–H and O–H groups in total. The quantitative estimate of drug-likeness (QED) is 0.250. The number of benzene rings is 1. The maximum atomic E-state index is 13.5. The SMILES string of the molecule is C[Si](C)(C)CCOCn1c(-c2ccccc2C(F)F)cc2ccc(Cl)nc21. The van der Waals surface area contributed by atoms with Crippen LogP contribution in [0.15, 0.2) is 42.5 Å². The Morgan fingerprint density at radius 1 is 1.15 bits per heavy atom. The fraction of sp³-hybridized carbons (Fsp3) is 0.350. The standard InChI is InChI=1S/C20H23ClF2N2OSi/c1-27(2,3)11-10-26-13-25-17(12-14-8-9-18(21)24-20(14)25)15-6-4-5-7-16(15)19(22)23/h4-9,12,19H,10-11,13H2,1-3H3. The summed E-state index contributed by atoms with van der Waals surface area (Å²) in [6, 6.07) is 13.0. The van der Waals surface area contributed by atoms with Crippen LogP contribution in [0.4, 0.5) is 8.78 Å². The zero-order chi connectivity index (χ0) is 19.6. The number of pyridine rings is 1. The van der Waals surface area contributed by atoms with Crippen LogP contribution in [0.25, 0.3) is 22.3 Å². The van der Waals surface area contributed by atoms with Crippen molar-refractivity contribution >= 4 is 30.7 Å². The van der Waals surface area contributed by atoms with Gasteiger partial charge in [0.25, 0.3) is 6.43 Å². The second-order valence-corrected chi connectivity index (χ2v) is 13.7. The van der Waals surface area contributed by atoms with Gasteiger partial charge in [0.15, 0.2) is 0 Å². The smallest absolute Gasteiger partial charge is 0.264 e. The number of fused-ring (bicyclic) bond motifs is 1. The minimum atomic E-state index is -2.56. The minimum absolute atomic E-state index is 0.00486. The van der Waals surface area contributed by atoms with Crippen LogP contribution in [0.2, 0.25) is 30.8 Å². The first kappa shape index (κ1) is 20.0. The number of hydrogen-bond acceptors (Lipinski definition) is 2. The van der Waals surface area contributed by atoms with Crippen molar-refractivity contribution in [3.05, 3.63) is 53.2 Å². The molecule has 0 bridgehead atoms. The lowest BCUT2D eigenvalue weighted by Crippen LogP contribution is -2.22. The van der Waals surface area contributed by atoms with E-state index in [0.29, 0.717) is 28.7 Å². The molecule has 2 aromatic heterocycles. The van der Waals surface area contributed by atoms with Gasteiger partial charge in [-0.25, -0.2) is 13.8 Å². The van der Waals surface area contributed by atoms with Gasteiger partial charge in [-0.15, -0.1) is 0 Å². The third kappa shape index (κ3) is 4.75. The third-order valence-corrected chi connectivity index (χ3v) is 6.31. The van der Waals surface area contributed by atoms with Crippen molar-refractivity contribution in [2.75, 3.05) is 6.61 Å². The molecule has 3 nitrogen and oxygen atoms in total. The van der Waals surface area contributed by atoms with Gasteiger partial charge >= 0.3 is 0 Å². The summed E-state index contributed by atoms with van der Waals surface area (Å²) in [6.45, 7) is 7.73. The van der Waals surface area contributed by atoms with Gasteiger partial charge in [-0.2, -0.15) is 0 Å². The van der Waals surface area contributed by atoms with Crippen LogP contribution in [0, 0.1) is 0 Å².